The van der Waals surface area contributed by atoms with Gasteiger partial charge in [0, 0.05) is 10.9 Å². The third kappa shape index (κ3) is 6.19. The fourth-order valence-corrected chi connectivity index (χ4v) is 3.57. The summed E-state index contributed by atoms with van der Waals surface area (Å²) in [5, 5.41) is 0.455. The Morgan fingerprint density at radius 1 is 1.29 bits per heavy atom. The first-order valence-corrected chi connectivity index (χ1v) is 12.6. The van der Waals surface area contributed by atoms with Crippen molar-refractivity contribution in [2.24, 2.45) is 4.40 Å². The Bertz CT molecular complexity index is 579. The SMILES string of the molecule is CC(C)(C)[S+]([O-])N=C[C@H](CC(C)(C)[Si](C)(C)O)c1cccc(Cl)c1. The average Bonchev–Trinajstić information content (AvgIpc) is 2.40. The molecule has 1 unspecified atom stereocenters. The summed E-state index contributed by atoms with van der Waals surface area (Å²) in [5.41, 5.74) is 1.03. The third-order valence-electron chi connectivity index (χ3n) is 4.52. The minimum Gasteiger partial charge on any atom is -0.591 e. The third-order valence-corrected chi connectivity index (χ3v) is 9.64. The lowest BCUT2D eigenvalue weighted by atomic mass is 9.90. The largest absolute Gasteiger partial charge is 0.591 e. The van der Waals surface area contributed by atoms with Crippen LogP contribution >= 0.6 is 11.6 Å². The van der Waals surface area contributed by atoms with Crippen molar-refractivity contribution in [3.05, 3.63) is 34.9 Å². The summed E-state index contributed by atoms with van der Waals surface area (Å²) >= 11 is 4.84. The van der Waals surface area contributed by atoms with Gasteiger partial charge in [0.05, 0.1) is 6.21 Å². The summed E-state index contributed by atoms with van der Waals surface area (Å²) in [7, 11) is -2.36. The van der Waals surface area contributed by atoms with Crippen molar-refractivity contribution >= 4 is 37.5 Å². The molecule has 0 spiro atoms. The molecule has 3 nitrogen and oxygen atoms in total. The van der Waals surface area contributed by atoms with Gasteiger partial charge in [0.1, 0.15) is 16.1 Å². The number of halogens is 1. The normalized spacial score (nSPS) is 16.4. The van der Waals surface area contributed by atoms with Crippen LogP contribution in [0, 0.1) is 0 Å². The maximum absolute atomic E-state index is 12.3. The molecule has 0 fully saturated rings. The molecule has 1 aromatic rings. The molecule has 0 aliphatic carbocycles. The van der Waals surface area contributed by atoms with Gasteiger partial charge in [-0.05, 0) is 63.0 Å². The molecular formula is C18H30ClNO2SSi. The van der Waals surface area contributed by atoms with E-state index in [1.54, 1.807) is 6.21 Å². The highest BCUT2D eigenvalue weighted by Gasteiger charge is 2.40. The van der Waals surface area contributed by atoms with Crippen LogP contribution in [0.3, 0.4) is 0 Å². The molecule has 0 aromatic heterocycles. The fraction of sp³-hybridized carbons (Fsp3) is 0.611. The Morgan fingerprint density at radius 2 is 1.88 bits per heavy atom. The van der Waals surface area contributed by atoms with Gasteiger partial charge in [0.2, 0.25) is 0 Å². The lowest BCUT2D eigenvalue weighted by Gasteiger charge is -2.37. The van der Waals surface area contributed by atoms with Crippen LogP contribution in [0.2, 0.25) is 23.2 Å². The van der Waals surface area contributed by atoms with E-state index >= 15 is 0 Å². The van der Waals surface area contributed by atoms with Gasteiger partial charge in [-0.3, -0.25) is 0 Å². The van der Waals surface area contributed by atoms with E-state index in [9.17, 15) is 9.35 Å². The van der Waals surface area contributed by atoms with Crippen LogP contribution in [0.5, 0.6) is 0 Å². The zero-order valence-corrected chi connectivity index (χ0v) is 18.3. The highest BCUT2D eigenvalue weighted by Crippen LogP contribution is 2.44. The van der Waals surface area contributed by atoms with Crippen LogP contribution in [0.15, 0.2) is 28.7 Å². The Balaban J connectivity index is 3.16. The van der Waals surface area contributed by atoms with E-state index in [1.165, 1.54) is 0 Å². The first-order chi connectivity index (χ1) is 10.7. The van der Waals surface area contributed by atoms with E-state index in [4.69, 9.17) is 11.6 Å². The monoisotopic (exact) mass is 387 g/mol. The van der Waals surface area contributed by atoms with Crippen molar-refractivity contribution in [2.75, 3.05) is 0 Å². The summed E-state index contributed by atoms with van der Waals surface area (Å²) in [6.45, 7) is 13.8. The molecule has 136 valence electrons. The van der Waals surface area contributed by atoms with Crippen LogP contribution in [-0.2, 0) is 11.4 Å². The highest BCUT2D eigenvalue weighted by atomic mass is 35.5. The minimum absolute atomic E-state index is 0.0380. The molecule has 1 N–H and O–H groups in total. The number of benzene rings is 1. The molecule has 0 bridgehead atoms. The Hall–Kier alpha value is -0.333. The second kappa shape index (κ2) is 7.91. The quantitative estimate of drug-likeness (QED) is 0.407. The molecule has 1 aromatic carbocycles. The molecule has 0 radical (unpaired) electrons. The van der Waals surface area contributed by atoms with Crippen LogP contribution in [0.4, 0.5) is 0 Å². The first kappa shape index (κ1) is 21.7. The summed E-state index contributed by atoms with van der Waals surface area (Å²) in [4.78, 5) is 10.6. The van der Waals surface area contributed by atoms with Crippen LogP contribution < -0.4 is 0 Å². The standard InChI is InChI=1S/C18H30ClNO2SSi/c1-17(2,3)23(21)20-13-15(12-18(4,5)24(6,7)22)14-9-8-10-16(19)11-14/h8-11,13,15,22H,12H2,1-7H3/t15-,23?/m0/s1. The van der Waals surface area contributed by atoms with Crippen molar-refractivity contribution < 1.29 is 9.35 Å². The fourth-order valence-electron chi connectivity index (χ4n) is 2.08. The molecule has 0 aliphatic rings. The summed E-state index contributed by atoms with van der Waals surface area (Å²) in [6.07, 6.45) is 2.50. The molecule has 0 saturated carbocycles. The second-order valence-electron chi connectivity index (χ2n) is 8.42. The minimum atomic E-state index is -2.36. The van der Waals surface area contributed by atoms with E-state index in [0.29, 0.717) is 5.02 Å². The maximum atomic E-state index is 12.3. The number of rotatable bonds is 6. The van der Waals surface area contributed by atoms with Crippen molar-refractivity contribution in [1.29, 1.82) is 0 Å². The average molecular weight is 388 g/mol. The molecule has 0 saturated heterocycles. The van der Waals surface area contributed by atoms with Gasteiger partial charge in [0.15, 0.2) is 8.32 Å². The lowest BCUT2D eigenvalue weighted by molar-refractivity contribution is 0.445. The summed E-state index contributed by atoms with van der Waals surface area (Å²) in [5.74, 6) is -0.0380. The van der Waals surface area contributed by atoms with Crippen molar-refractivity contribution in [3.63, 3.8) is 0 Å². The van der Waals surface area contributed by atoms with E-state index in [0.717, 1.165) is 12.0 Å². The Kier molecular flexibility index (Phi) is 7.16. The number of hydrogen-bond donors (Lipinski definition) is 1. The van der Waals surface area contributed by atoms with E-state index < -0.39 is 24.4 Å². The van der Waals surface area contributed by atoms with Crippen molar-refractivity contribution in [1.82, 2.24) is 0 Å². The molecule has 2 atom stereocenters. The van der Waals surface area contributed by atoms with Crippen LogP contribution in [0.25, 0.3) is 0 Å². The summed E-state index contributed by atoms with van der Waals surface area (Å²) < 4.78 is 16.2. The van der Waals surface area contributed by atoms with E-state index in [1.807, 2.05) is 58.1 Å². The van der Waals surface area contributed by atoms with Crippen molar-refractivity contribution in [3.8, 4) is 0 Å². The second-order valence-corrected chi connectivity index (χ2v) is 15.3. The molecule has 6 heteroatoms. The van der Waals surface area contributed by atoms with Gasteiger partial charge in [-0.1, -0.05) is 42.0 Å². The zero-order valence-electron chi connectivity index (χ0n) is 15.8. The molecule has 0 amide bonds. The predicted molar refractivity (Wildman–Crippen MR) is 109 cm³/mol. The Morgan fingerprint density at radius 3 is 2.33 bits per heavy atom. The van der Waals surface area contributed by atoms with Gasteiger partial charge < -0.3 is 9.35 Å². The van der Waals surface area contributed by atoms with Crippen molar-refractivity contribution in [2.45, 2.75) is 69.8 Å². The smallest absolute Gasteiger partial charge is 0.188 e. The van der Waals surface area contributed by atoms with Crippen LogP contribution in [-0.4, -0.2) is 28.6 Å². The lowest BCUT2D eigenvalue weighted by Crippen LogP contribution is -2.40. The molecular weight excluding hydrogens is 358 g/mol. The summed E-state index contributed by atoms with van der Waals surface area (Å²) in [6, 6.07) is 7.67. The molecule has 24 heavy (non-hydrogen) atoms. The van der Waals surface area contributed by atoms with Crippen LogP contribution in [0.1, 0.15) is 52.5 Å². The number of nitrogens with zero attached hydrogens (tertiary/aromatic N) is 1. The molecule has 1 rings (SSSR count). The zero-order chi connectivity index (χ0) is 18.8. The van der Waals surface area contributed by atoms with Gasteiger partial charge in [-0.2, -0.15) is 0 Å². The molecule has 0 aliphatic heterocycles. The van der Waals surface area contributed by atoms with E-state index in [2.05, 4.69) is 18.2 Å². The first-order valence-electron chi connectivity index (χ1n) is 8.18. The number of hydrogen-bond acceptors (Lipinski definition) is 3. The van der Waals surface area contributed by atoms with Gasteiger partial charge in [-0.25, -0.2) is 0 Å². The predicted octanol–water partition coefficient (Wildman–Crippen LogP) is 5.32. The molecule has 0 heterocycles. The van der Waals surface area contributed by atoms with E-state index in [-0.39, 0.29) is 11.0 Å². The van der Waals surface area contributed by atoms with Gasteiger partial charge in [-0.15, -0.1) is 0 Å². The highest BCUT2D eigenvalue weighted by molar-refractivity contribution is 7.91. The van der Waals surface area contributed by atoms with Gasteiger partial charge in [0.25, 0.3) is 0 Å². The maximum Gasteiger partial charge on any atom is 0.188 e. The topological polar surface area (TPSA) is 55.7 Å². The Labute approximate surface area is 156 Å². The van der Waals surface area contributed by atoms with Gasteiger partial charge >= 0.3 is 0 Å².